The maximum Gasteiger partial charge on any atom is 0.305 e. The summed E-state index contributed by atoms with van der Waals surface area (Å²) in [6.45, 7) is 0.991. The number of rotatable bonds is 10. The van der Waals surface area contributed by atoms with Crippen LogP contribution >= 0.6 is 0 Å². The van der Waals surface area contributed by atoms with Crippen LogP contribution in [-0.2, 0) is 20.7 Å². The number of aliphatic carboxylic acids is 1. The van der Waals surface area contributed by atoms with Gasteiger partial charge in [0.1, 0.15) is 5.75 Å². The van der Waals surface area contributed by atoms with Crippen LogP contribution in [0.5, 0.6) is 5.75 Å². The van der Waals surface area contributed by atoms with Crippen LogP contribution in [0.25, 0.3) is 0 Å². The van der Waals surface area contributed by atoms with E-state index in [0.717, 1.165) is 31.4 Å². The molecule has 0 aromatic heterocycles. The van der Waals surface area contributed by atoms with Crippen molar-refractivity contribution in [3.05, 3.63) is 29.8 Å². The molecule has 1 aromatic carbocycles. The first-order valence-electron chi connectivity index (χ1n) is 9.26. The van der Waals surface area contributed by atoms with E-state index >= 15 is 0 Å². The van der Waals surface area contributed by atoms with Crippen LogP contribution in [0.1, 0.15) is 50.5 Å². The normalized spacial score (nSPS) is 16.0. The Morgan fingerprint density at radius 1 is 1.15 bits per heavy atom. The number of carbonyl (C=O) groups excluding carboxylic acids is 1. The van der Waals surface area contributed by atoms with E-state index in [9.17, 15) is 9.59 Å². The Balaban J connectivity index is 1.67. The second-order valence-electron chi connectivity index (χ2n) is 6.92. The third-order valence-electron chi connectivity index (χ3n) is 4.87. The van der Waals surface area contributed by atoms with Crippen LogP contribution in [0.3, 0.4) is 0 Å². The van der Waals surface area contributed by atoms with Crippen molar-refractivity contribution in [1.82, 2.24) is 5.32 Å². The van der Waals surface area contributed by atoms with E-state index in [1.807, 2.05) is 12.1 Å². The molecule has 6 nitrogen and oxygen atoms in total. The molecule has 1 aliphatic heterocycles. The van der Waals surface area contributed by atoms with Crippen molar-refractivity contribution in [3.8, 4) is 5.75 Å². The number of aryl methyl sites for hydroxylation is 1. The smallest absolute Gasteiger partial charge is 0.305 e. The number of nitrogens with one attached hydrogen (secondary N) is 1. The molecule has 6 heteroatoms. The number of unbranched alkanes of at least 4 members (excludes halogenated alkanes) is 2. The molecule has 1 aromatic rings. The zero-order chi connectivity index (χ0) is 18.8. The molecule has 0 radical (unpaired) electrons. The summed E-state index contributed by atoms with van der Waals surface area (Å²) in [5.41, 5.74) is 0.613. The molecule has 1 saturated heterocycles. The third-order valence-corrected chi connectivity index (χ3v) is 4.87. The molecule has 0 saturated carbocycles. The lowest BCUT2D eigenvalue weighted by molar-refractivity contribution is -0.140. The van der Waals surface area contributed by atoms with Gasteiger partial charge in [-0.15, -0.1) is 0 Å². The van der Waals surface area contributed by atoms with E-state index in [1.54, 1.807) is 7.11 Å². The van der Waals surface area contributed by atoms with E-state index in [2.05, 4.69) is 17.4 Å². The van der Waals surface area contributed by atoms with Gasteiger partial charge < -0.3 is 19.9 Å². The Labute approximate surface area is 154 Å². The molecular weight excluding hydrogens is 334 g/mol. The van der Waals surface area contributed by atoms with E-state index in [1.165, 1.54) is 5.56 Å². The predicted molar refractivity (Wildman–Crippen MR) is 98.3 cm³/mol. The first-order valence-corrected chi connectivity index (χ1v) is 9.26. The largest absolute Gasteiger partial charge is 0.497 e. The lowest BCUT2D eigenvalue weighted by Crippen LogP contribution is -2.53. The number of hydrogen-bond acceptors (Lipinski definition) is 4. The number of hydrogen-bond donors (Lipinski definition) is 2. The van der Waals surface area contributed by atoms with Gasteiger partial charge in [0.15, 0.2) is 0 Å². The molecule has 0 unspecified atom stereocenters. The first kappa shape index (κ1) is 20.2. The Morgan fingerprint density at radius 3 is 2.46 bits per heavy atom. The summed E-state index contributed by atoms with van der Waals surface area (Å²) in [7, 11) is 1.65. The van der Waals surface area contributed by atoms with Crippen molar-refractivity contribution >= 4 is 11.9 Å². The van der Waals surface area contributed by atoms with Gasteiger partial charge in [-0.05, 0) is 49.8 Å². The molecule has 26 heavy (non-hydrogen) atoms. The van der Waals surface area contributed by atoms with Crippen molar-refractivity contribution in [3.63, 3.8) is 0 Å². The van der Waals surface area contributed by atoms with Crippen LogP contribution in [0.15, 0.2) is 24.3 Å². The van der Waals surface area contributed by atoms with E-state index in [4.69, 9.17) is 14.6 Å². The molecule has 0 atom stereocenters. The van der Waals surface area contributed by atoms with Crippen LogP contribution in [0.2, 0.25) is 0 Å². The van der Waals surface area contributed by atoms with Crippen molar-refractivity contribution in [2.45, 2.75) is 56.9 Å². The first-order chi connectivity index (χ1) is 12.5. The lowest BCUT2D eigenvalue weighted by Gasteiger charge is -2.36. The van der Waals surface area contributed by atoms with Gasteiger partial charge in [-0.25, -0.2) is 0 Å². The molecule has 0 bridgehead atoms. The molecule has 1 amide bonds. The highest BCUT2D eigenvalue weighted by atomic mass is 16.5. The summed E-state index contributed by atoms with van der Waals surface area (Å²) >= 11 is 0. The summed E-state index contributed by atoms with van der Waals surface area (Å²) < 4.78 is 10.4. The van der Waals surface area contributed by atoms with Gasteiger partial charge >= 0.3 is 5.97 Å². The zero-order valence-corrected chi connectivity index (χ0v) is 15.5. The second kappa shape index (κ2) is 10.2. The average molecular weight is 363 g/mol. The molecule has 1 aliphatic rings. The van der Waals surface area contributed by atoms with Gasteiger partial charge in [0, 0.05) is 19.6 Å². The average Bonchev–Trinajstić information content (AvgIpc) is 2.62. The Morgan fingerprint density at radius 2 is 1.85 bits per heavy atom. The zero-order valence-electron chi connectivity index (χ0n) is 15.5. The fraction of sp³-hybridized carbons (Fsp3) is 0.600. The number of ether oxygens (including phenoxy) is 2. The second-order valence-corrected chi connectivity index (χ2v) is 6.92. The van der Waals surface area contributed by atoms with Gasteiger partial charge in [0.2, 0.25) is 5.91 Å². The van der Waals surface area contributed by atoms with Crippen LogP contribution in [-0.4, -0.2) is 42.8 Å². The summed E-state index contributed by atoms with van der Waals surface area (Å²) in [6, 6.07) is 8.04. The summed E-state index contributed by atoms with van der Waals surface area (Å²) in [5, 5.41) is 12.1. The van der Waals surface area contributed by atoms with Gasteiger partial charge in [-0.2, -0.15) is 0 Å². The summed E-state index contributed by atoms with van der Waals surface area (Å²) in [4.78, 5) is 23.4. The number of amides is 1. The minimum atomic E-state index is -0.883. The molecule has 1 heterocycles. The maximum atomic E-state index is 12.2. The number of carboxylic acids is 1. The highest BCUT2D eigenvalue weighted by Crippen LogP contribution is 2.25. The van der Waals surface area contributed by atoms with Gasteiger partial charge in [0.25, 0.3) is 0 Å². The predicted octanol–water partition coefficient (Wildman–Crippen LogP) is 2.94. The molecule has 0 aliphatic carbocycles. The third kappa shape index (κ3) is 6.67. The minimum Gasteiger partial charge on any atom is -0.497 e. The van der Waals surface area contributed by atoms with E-state index < -0.39 is 11.5 Å². The highest BCUT2D eigenvalue weighted by molar-refractivity contribution is 5.78. The van der Waals surface area contributed by atoms with Crippen molar-refractivity contribution in [2.75, 3.05) is 20.3 Å². The molecule has 0 spiro atoms. The van der Waals surface area contributed by atoms with Crippen LogP contribution in [0, 0.1) is 0 Å². The summed E-state index contributed by atoms with van der Waals surface area (Å²) in [6.07, 6.45) is 5.28. The Bertz CT molecular complexity index is 578. The fourth-order valence-electron chi connectivity index (χ4n) is 3.34. The van der Waals surface area contributed by atoms with E-state index in [-0.39, 0.29) is 12.3 Å². The Kier molecular flexibility index (Phi) is 7.91. The van der Waals surface area contributed by atoms with Crippen molar-refractivity contribution in [2.24, 2.45) is 0 Å². The molecule has 144 valence electrons. The molecule has 2 rings (SSSR count). The van der Waals surface area contributed by atoms with Crippen LogP contribution in [0.4, 0.5) is 0 Å². The number of carboxylic acid groups (broad SMARTS) is 1. The summed E-state index contributed by atoms with van der Waals surface area (Å²) in [5.74, 6) is -0.0851. The maximum absolute atomic E-state index is 12.2. The monoisotopic (exact) mass is 363 g/mol. The van der Waals surface area contributed by atoms with Crippen molar-refractivity contribution in [1.29, 1.82) is 0 Å². The Hall–Kier alpha value is -2.08. The standard InChI is InChI=1S/C20H29NO5/c1-25-17-9-7-16(8-10-17)5-3-2-4-6-18(22)21-20(15-19(23)24)11-13-26-14-12-20/h7-10H,2-6,11-15H2,1H3,(H,21,22)(H,23,24). The van der Waals surface area contributed by atoms with Gasteiger partial charge in [0.05, 0.1) is 19.1 Å². The fourth-order valence-corrected chi connectivity index (χ4v) is 3.34. The quantitative estimate of drug-likeness (QED) is 0.624. The van der Waals surface area contributed by atoms with Crippen molar-refractivity contribution < 1.29 is 24.2 Å². The molecule has 2 N–H and O–H groups in total. The number of carbonyl (C=O) groups is 2. The van der Waals surface area contributed by atoms with Gasteiger partial charge in [-0.1, -0.05) is 18.6 Å². The number of benzene rings is 1. The van der Waals surface area contributed by atoms with Crippen LogP contribution < -0.4 is 10.1 Å². The molecule has 1 fully saturated rings. The minimum absolute atomic E-state index is 0.0421. The molecular formula is C20H29NO5. The lowest BCUT2D eigenvalue weighted by atomic mass is 9.86. The van der Waals surface area contributed by atoms with E-state index in [0.29, 0.717) is 32.5 Å². The van der Waals surface area contributed by atoms with Gasteiger partial charge in [-0.3, -0.25) is 9.59 Å². The number of methoxy groups -OCH3 is 1. The SMILES string of the molecule is COc1ccc(CCCCCC(=O)NC2(CC(=O)O)CCOCC2)cc1. The topological polar surface area (TPSA) is 84.9 Å². The highest BCUT2D eigenvalue weighted by Gasteiger charge is 2.36.